The van der Waals surface area contributed by atoms with Crippen molar-refractivity contribution < 1.29 is 37.6 Å². The number of hydrogen-bond acceptors (Lipinski definition) is 7. The Labute approximate surface area is 201 Å². The number of ether oxygens (including phenoxy) is 1. The summed E-state index contributed by atoms with van der Waals surface area (Å²) in [5.74, 6) is -0.399. The van der Waals surface area contributed by atoms with Gasteiger partial charge in [0.2, 0.25) is 0 Å². The van der Waals surface area contributed by atoms with Crippen LogP contribution in [0.25, 0.3) is 0 Å². The molecule has 1 unspecified atom stereocenters. The van der Waals surface area contributed by atoms with E-state index < -0.39 is 26.5 Å². The van der Waals surface area contributed by atoms with Gasteiger partial charge in [0, 0.05) is 6.42 Å². The first-order valence-electron chi connectivity index (χ1n) is 12.4. The minimum atomic E-state index is -4.49. The number of unbranched alkanes of at least 4 members (excludes halogenated alkanes) is 9. The number of carbonyl (C=O) groups excluding carboxylic acids is 1. The molecule has 0 aliphatic heterocycles. The third kappa shape index (κ3) is 24.2. The number of aliphatic hydroxyl groups excluding tert-OH is 1. The molecule has 0 aliphatic carbocycles. The second-order valence-electron chi connectivity index (χ2n) is 9.55. The molecule has 0 saturated heterocycles. The summed E-state index contributed by atoms with van der Waals surface area (Å²) in [6.07, 6.45) is 16.3. The highest BCUT2D eigenvalue weighted by atomic mass is 31.2. The van der Waals surface area contributed by atoms with Gasteiger partial charge in [0.25, 0.3) is 7.82 Å². The highest BCUT2D eigenvalue weighted by molar-refractivity contribution is 7.45. The Balaban J connectivity index is 3.63. The predicted molar refractivity (Wildman–Crippen MR) is 130 cm³/mol. The molecule has 0 heterocycles. The van der Waals surface area contributed by atoms with E-state index in [1.807, 2.05) is 21.1 Å². The maximum atomic E-state index is 11.8. The molecule has 0 fully saturated rings. The maximum absolute atomic E-state index is 11.8. The van der Waals surface area contributed by atoms with Gasteiger partial charge in [0.1, 0.15) is 25.9 Å². The smallest absolute Gasteiger partial charge is 0.305 e. The number of quaternary nitrogens is 1. The van der Waals surface area contributed by atoms with Gasteiger partial charge in [-0.1, -0.05) is 57.6 Å². The molecule has 2 atom stereocenters. The number of phosphoric acid groups is 1. The van der Waals surface area contributed by atoms with Crippen molar-refractivity contribution in [2.75, 3.05) is 47.5 Å². The number of carbonyl (C=O) groups is 1. The van der Waals surface area contributed by atoms with E-state index in [4.69, 9.17) is 9.26 Å². The molecule has 0 saturated carbocycles. The highest BCUT2D eigenvalue weighted by Gasteiger charge is 2.16. The SMILES string of the molecule is CCCCCC/C=C/CCCCCCCC(=O)OC[C@@H](O)COP(=O)([O-])OCC[N+](C)(C)C. The molecular formula is C24H48NO7P. The number of likely N-dealkylation sites (N-methyl/N-ethyl adjacent to an activating group) is 1. The lowest BCUT2D eigenvalue weighted by molar-refractivity contribution is -0.870. The largest absolute Gasteiger partial charge is 0.756 e. The van der Waals surface area contributed by atoms with Gasteiger partial charge >= 0.3 is 5.97 Å². The number of rotatable bonds is 22. The molecule has 9 heteroatoms. The van der Waals surface area contributed by atoms with Gasteiger partial charge in [0.15, 0.2) is 0 Å². The van der Waals surface area contributed by atoms with Gasteiger partial charge in [-0.15, -0.1) is 0 Å². The molecule has 33 heavy (non-hydrogen) atoms. The third-order valence-corrected chi connectivity index (χ3v) is 5.98. The third-order valence-electron chi connectivity index (χ3n) is 5.02. The number of esters is 1. The van der Waals surface area contributed by atoms with Crippen LogP contribution in [0.5, 0.6) is 0 Å². The van der Waals surface area contributed by atoms with E-state index in [2.05, 4.69) is 23.6 Å². The van der Waals surface area contributed by atoms with Gasteiger partial charge in [0.05, 0.1) is 27.7 Å². The number of phosphoric ester groups is 1. The second-order valence-corrected chi connectivity index (χ2v) is 11.0. The van der Waals surface area contributed by atoms with Crippen molar-refractivity contribution in [3.8, 4) is 0 Å². The van der Waals surface area contributed by atoms with Crippen molar-refractivity contribution in [3.63, 3.8) is 0 Å². The lowest BCUT2D eigenvalue weighted by atomic mass is 10.1. The number of allylic oxidation sites excluding steroid dienone is 2. The molecule has 0 radical (unpaired) electrons. The molecule has 0 rings (SSSR count). The van der Waals surface area contributed by atoms with Gasteiger partial charge in [-0.25, -0.2) is 0 Å². The highest BCUT2D eigenvalue weighted by Crippen LogP contribution is 2.38. The number of nitrogens with zero attached hydrogens (tertiary/aromatic N) is 1. The van der Waals surface area contributed by atoms with Crippen molar-refractivity contribution in [1.82, 2.24) is 0 Å². The van der Waals surface area contributed by atoms with Crippen LogP contribution in [0.1, 0.15) is 84.0 Å². The van der Waals surface area contributed by atoms with Crippen molar-refractivity contribution in [2.24, 2.45) is 0 Å². The molecule has 196 valence electrons. The molecule has 0 aromatic heterocycles. The molecule has 0 aromatic carbocycles. The zero-order valence-electron chi connectivity index (χ0n) is 21.3. The van der Waals surface area contributed by atoms with Crippen LogP contribution in [0.2, 0.25) is 0 Å². The van der Waals surface area contributed by atoms with Crippen molar-refractivity contribution >= 4 is 13.8 Å². The minimum Gasteiger partial charge on any atom is -0.756 e. The van der Waals surface area contributed by atoms with Crippen molar-refractivity contribution in [2.45, 2.75) is 90.1 Å². The van der Waals surface area contributed by atoms with E-state index in [-0.39, 0.29) is 13.2 Å². The zero-order valence-corrected chi connectivity index (χ0v) is 22.2. The summed E-state index contributed by atoms with van der Waals surface area (Å²) in [7, 11) is 1.24. The summed E-state index contributed by atoms with van der Waals surface area (Å²) < 4.78 is 26.6. The van der Waals surface area contributed by atoms with E-state index >= 15 is 0 Å². The standard InChI is InChI=1S/C24H48NO7P/c1-5-6-7-8-9-10-11-12-13-14-15-16-17-18-24(27)30-21-23(26)22-32-33(28,29)31-20-19-25(2,3)4/h10-11,23,26H,5-9,12-22H2,1-4H3/b11-10+/t23-/m1/s1. The van der Waals surface area contributed by atoms with Crippen LogP contribution in [0.4, 0.5) is 0 Å². The summed E-state index contributed by atoms with van der Waals surface area (Å²) >= 11 is 0. The van der Waals surface area contributed by atoms with E-state index in [1.165, 1.54) is 38.5 Å². The lowest BCUT2D eigenvalue weighted by Gasteiger charge is -2.27. The Bertz CT molecular complexity index is 564. The van der Waals surface area contributed by atoms with Crippen LogP contribution < -0.4 is 4.89 Å². The topological polar surface area (TPSA) is 105 Å². The van der Waals surface area contributed by atoms with E-state index in [0.29, 0.717) is 17.4 Å². The van der Waals surface area contributed by atoms with E-state index in [9.17, 15) is 19.4 Å². The Hall–Kier alpha value is -0.760. The van der Waals surface area contributed by atoms with Gasteiger partial charge in [-0.2, -0.15) is 0 Å². The van der Waals surface area contributed by atoms with Crippen LogP contribution in [0.3, 0.4) is 0 Å². The monoisotopic (exact) mass is 493 g/mol. The molecular weight excluding hydrogens is 445 g/mol. The summed E-state index contributed by atoms with van der Waals surface area (Å²) in [5, 5.41) is 9.77. The Morgan fingerprint density at radius 1 is 0.939 bits per heavy atom. The fourth-order valence-electron chi connectivity index (χ4n) is 2.94. The normalized spacial score (nSPS) is 15.0. The predicted octanol–water partition coefficient (Wildman–Crippen LogP) is 4.36. The van der Waals surface area contributed by atoms with Gasteiger partial charge in [-0.05, 0) is 32.1 Å². The lowest BCUT2D eigenvalue weighted by Crippen LogP contribution is -2.37. The first kappa shape index (κ1) is 32.2. The summed E-state index contributed by atoms with van der Waals surface area (Å²) in [6.45, 7) is 1.90. The van der Waals surface area contributed by atoms with Crippen LogP contribution in [-0.4, -0.2) is 69.2 Å². The van der Waals surface area contributed by atoms with Crippen LogP contribution in [0, 0.1) is 0 Å². The van der Waals surface area contributed by atoms with Gasteiger partial charge < -0.3 is 28.3 Å². The van der Waals surface area contributed by atoms with Crippen LogP contribution in [0.15, 0.2) is 12.2 Å². The molecule has 0 spiro atoms. The second kappa shape index (κ2) is 19.5. The van der Waals surface area contributed by atoms with Gasteiger partial charge in [-0.3, -0.25) is 9.36 Å². The maximum Gasteiger partial charge on any atom is 0.305 e. The average molecular weight is 494 g/mol. The number of aliphatic hydroxyl groups is 1. The fourth-order valence-corrected chi connectivity index (χ4v) is 3.67. The quantitative estimate of drug-likeness (QED) is 0.0785. The molecule has 1 N–H and O–H groups in total. The molecule has 0 aromatic rings. The zero-order chi connectivity index (χ0) is 25.0. The average Bonchev–Trinajstić information content (AvgIpc) is 2.73. The Morgan fingerprint density at radius 3 is 2.12 bits per heavy atom. The summed E-state index contributed by atoms with van der Waals surface area (Å²) in [6, 6.07) is 0. The molecule has 0 bridgehead atoms. The Morgan fingerprint density at radius 2 is 1.52 bits per heavy atom. The first-order valence-corrected chi connectivity index (χ1v) is 13.9. The fraction of sp³-hybridized carbons (Fsp3) is 0.875. The summed E-state index contributed by atoms with van der Waals surface area (Å²) in [5.41, 5.74) is 0. The molecule has 8 nitrogen and oxygen atoms in total. The molecule has 0 aliphatic rings. The van der Waals surface area contributed by atoms with Crippen molar-refractivity contribution in [1.29, 1.82) is 0 Å². The Kier molecular flexibility index (Phi) is 19.1. The van der Waals surface area contributed by atoms with Crippen LogP contribution >= 0.6 is 7.82 Å². The van der Waals surface area contributed by atoms with E-state index in [1.54, 1.807) is 0 Å². The minimum absolute atomic E-state index is 0.00875. The van der Waals surface area contributed by atoms with E-state index in [0.717, 1.165) is 32.1 Å². The summed E-state index contributed by atoms with van der Waals surface area (Å²) in [4.78, 5) is 23.4. The van der Waals surface area contributed by atoms with Crippen LogP contribution in [-0.2, 0) is 23.1 Å². The molecule has 0 amide bonds. The number of hydrogen-bond donors (Lipinski definition) is 1. The first-order chi connectivity index (χ1) is 15.6. The van der Waals surface area contributed by atoms with Crippen molar-refractivity contribution in [3.05, 3.63) is 12.2 Å².